The quantitative estimate of drug-likeness (QED) is 0.258. The molecule has 148 valence electrons. The summed E-state index contributed by atoms with van der Waals surface area (Å²) in [5.74, 6) is 0. The second kappa shape index (κ2) is 7.07. The molecule has 0 fully saturated rings. The van der Waals surface area contributed by atoms with Crippen LogP contribution in [-0.4, -0.2) is 9.13 Å². The molecule has 0 aliphatic carbocycles. The lowest BCUT2D eigenvalue weighted by molar-refractivity contribution is 1.01. The molecular weight excluding hydrogens is 364 g/mol. The molecule has 0 atom stereocenters. The van der Waals surface area contributed by atoms with Crippen LogP contribution in [0, 0.1) is 13.8 Å². The van der Waals surface area contributed by atoms with Crippen LogP contribution in [0.25, 0.3) is 43.6 Å². The van der Waals surface area contributed by atoms with Crippen LogP contribution in [0.3, 0.4) is 0 Å². The first-order valence-corrected chi connectivity index (χ1v) is 10.4. The van der Waals surface area contributed by atoms with Gasteiger partial charge in [-0.05, 0) is 50.2 Å². The Labute approximate surface area is 177 Å². The van der Waals surface area contributed by atoms with E-state index in [0.717, 1.165) is 0 Å². The van der Waals surface area contributed by atoms with Gasteiger partial charge < -0.3 is 9.13 Å². The molecule has 6 rings (SSSR count). The molecule has 2 aromatic heterocycles. The normalized spacial score (nSPS) is 11.3. The highest BCUT2D eigenvalue weighted by molar-refractivity contribution is 6.09. The van der Waals surface area contributed by atoms with Crippen LogP contribution >= 0.6 is 0 Å². The van der Waals surface area contributed by atoms with E-state index >= 15 is 0 Å². The Morgan fingerprint density at radius 1 is 0.433 bits per heavy atom. The number of nitrogens with zero attached hydrogens (tertiary/aromatic N) is 2. The first-order chi connectivity index (χ1) is 14.5. The Morgan fingerprint density at radius 2 is 0.800 bits per heavy atom. The predicted molar refractivity (Wildman–Crippen MR) is 130 cm³/mol. The Kier molecular flexibility index (Phi) is 4.36. The van der Waals surface area contributed by atoms with Gasteiger partial charge in [-0.15, -0.1) is 0 Å². The summed E-state index contributed by atoms with van der Waals surface area (Å²) >= 11 is 0. The van der Waals surface area contributed by atoms with Crippen LogP contribution in [0.4, 0.5) is 0 Å². The van der Waals surface area contributed by atoms with Crippen molar-refractivity contribution in [1.82, 2.24) is 9.13 Å². The maximum atomic E-state index is 2.27. The molecule has 6 aromatic rings. The van der Waals surface area contributed by atoms with Crippen molar-refractivity contribution in [3.63, 3.8) is 0 Å². The van der Waals surface area contributed by atoms with E-state index in [9.17, 15) is 0 Å². The van der Waals surface area contributed by atoms with E-state index in [-0.39, 0.29) is 0 Å². The van der Waals surface area contributed by atoms with Gasteiger partial charge in [0.25, 0.3) is 0 Å². The summed E-state index contributed by atoms with van der Waals surface area (Å²) in [5, 5.41) is 5.40. The Morgan fingerprint density at radius 3 is 1.23 bits per heavy atom. The fraction of sp³-hybridized carbons (Fsp3) is 0.143. The first kappa shape index (κ1) is 18.5. The molecule has 0 amide bonds. The summed E-state index contributed by atoms with van der Waals surface area (Å²) in [7, 11) is 4.25. The van der Waals surface area contributed by atoms with E-state index in [1.807, 2.05) is 0 Å². The van der Waals surface area contributed by atoms with E-state index in [1.54, 1.807) is 0 Å². The maximum Gasteiger partial charge on any atom is 0.0488 e. The smallest absolute Gasteiger partial charge is 0.0488 e. The highest BCUT2D eigenvalue weighted by Crippen LogP contribution is 2.29. The summed E-state index contributed by atoms with van der Waals surface area (Å²) in [4.78, 5) is 0. The lowest BCUT2D eigenvalue weighted by Gasteiger charge is -1.97. The van der Waals surface area contributed by atoms with Crippen LogP contribution in [0.5, 0.6) is 0 Å². The van der Waals surface area contributed by atoms with Crippen LogP contribution in [0.15, 0.2) is 84.9 Å². The molecule has 0 saturated carbocycles. The number of rotatable bonds is 0. The van der Waals surface area contributed by atoms with Gasteiger partial charge in [0, 0.05) is 57.7 Å². The molecule has 0 spiro atoms. The van der Waals surface area contributed by atoms with E-state index in [2.05, 4.69) is 122 Å². The number of fused-ring (bicyclic) bond motifs is 6. The molecule has 2 nitrogen and oxygen atoms in total. The Balaban J connectivity index is 0.000000130. The van der Waals surface area contributed by atoms with Gasteiger partial charge in [0.2, 0.25) is 0 Å². The minimum absolute atomic E-state index is 1.30. The summed E-state index contributed by atoms with van der Waals surface area (Å²) in [6.07, 6.45) is 0. The largest absolute Gasteiger partial charge is 0.344 e. The van der Waals surface area contributed by atoms with E-state index in [1.165, 1.54) is 54.7 Å². The number of para-hydroxylation sites is 2. The fourth-order valence-electron chi connectivity index (χ4n) is 4.56. The van der Waals surface area contributed by atoms with Gasteiger partial charge >= 0.3 is 0 Å². The van der Waals surface area contributed by atoms with Gasteiger partial charge in [-0.3, -0.25) is 0 Å². The highest BCUT2D eigenvalue weighted by Gasteiger charge is 2.07. The van der Waals surface area contributed by atoms with Crippen molar-refractivity contribution in [2.75, 3.05) is 0 Å². The molecule has 0 N–H and O–H groups in total. The molecule has 2 heterocycles. The van der Waals surface area contributed by atoms with Crippen LogP contribution < -0.4 is 0 Å². The van der Waals surface area contributed by atoms with Crippen molar-refractivity contribution in [2.45, 2.75) is 13.8 Å². The zero-order valence-electron chi connectivity index (χ0n) is 18.0. The minimum Gasteiger partial charge on any atom is -0.344 e. The van der Waals surface area contributed by atoms with Gasteiger partial charge in [0.1, 0.15) is 0 Å². The van der Waals surface area contributed by atoms with Crippen LogP contribution in [0.1, 0.15) is 11.1 Å². The molecule has 2 heteroatoms. The monoisotopic (exact) mass is 390 g/mol. The van der Waals surface area contributed by atoms with Crippen LogP contribution in [0.2, 0.25) is 0 Å². The van der Waals surface area contributed by atoms with Gasteiger partial charge in [-0.2, -0.15) is 0 Å². The summed E-state index contributed by atoms with van der Waals surface area (Å²) in [6.45, 7) is 4.29. The second-order valence-electron chi connectivity index (χ2n) is 8.19. The number of hydrogen-bond acceptors (Lipinski definition) is 0. The van der Waals surface area contributed by atoms with Crippen molar-refractivity contribution in [3.8, 4) is 0 Å². The molecule has 4 aromatic carbocycles. The molecule has 0 radical (unpaired) electrons. The van der Waals surface area contributed by atoms with Gasteiger partial charge in [0.15, 0.2) is 0 Å². The molecule has 0 aliphatic rings. The second-order valence-corrected chi connectivity index (χ2v) is 8.19. The third-order valence-corrected chi connectivity index (χ3v) is 6.14. The Hall–Kier alpha value is -3.52. The lowest BCUT2D eigenvalue weighted by atomic mass is 10.1. The summed E-state index contributed by atoms with van der Waals surface area (Å²) < 4.78 is 4.51. The molecule has 0 bridgehead atoms. The van der Waals surface area contributed by atoms with E-state index in [4.69, 9.17) is 0 Å². The van der Waals surface area contributed by atoms with E-state index < -0.39 is 0 Å². The van der Waals surface area contributed by atoms with Crippen molar-refractivity contribution >= 4 is 43.6 Å². The maximum absolute atomic E-state index is 2.27. The molecule has 0 aliphatic heterocycles. The van der Waals surface area contributed by atoms with Crippen molar-refractivity contribution in [1.29, 1.82) is 0 Å². The van der Waals surface area contributed by atoms with E-state index in [0.29, 0.717) is 0 Å². The summed E-state index contributed by atoms with van der Waals surface area (Å²) in [5.41, 5.74) is 7.86. The number of aryl methyl sites for hydroxylation is 4. The third-order valence-electron chi connectivity index (χ3n) is 6.14. The number of aromatic nitrogens is 2. The highest BCUT2D eigenvalue weighted by atomic mass is 14.9. The standard InChI is InChI=1S/C15H15N.C13H11N/c1-10-4-6-14-12(8-10)13-9-11(2)5-7-15(13)16(14)3;1-14-12-8-4-2-6-10(12)11-7-3-5-9-13(11)14/h4-9H,1-3H3;2-9H,1H3. The number of benzene rings is 4. The van der Waals surface area contributed by atoms with Gasteiger partial charge in [-0.25, -0.2) is 0 Å². The van der Waals surface area contributed by atoms with Gasteiger partial charge in [-0.1, -0.05) is 59.7 Å². The van der Waals surface area contributed by atoms with Crippen LogP contribution in [-0.2, 0) is 14.1 Å². The molecule has 0 unspecified atom stereocenters. The topological polar surface area (TPSA) is 9.86 Å². The molecule has 30 heavy (non-hydrogen) atoms. The molecular formula is C28H26N2. The summed E-state index contributed by atoms with van der Waals surface area (Å²) in [6, 6.07) is 30.3. The average molecular weight is 391 g/mol. The lowest BCUT2D eigenvalue weighted by Crippen LogP contribution is -1.86. The fourth-order valence-corrected chi connectivity index (χ4v) is 4.56. The predicted octanol–water partition coefficient (Wildman–Crippen LogP) is 7.28. The van der Waals surface area contributed by atoms with Crippen molar-refractivity contribution in [3.05, 3.63) is 96.1 Å². The third kappa shape index (κ3) is 2.88. The molecule has 0 saturated heterocycles. The first-order valence-electron chi connectivity index (χ1n) is 10.4. The van der Waals surface area contributed by atoms with Crippen molar-refractivity contribution < 1.29 is 0 Å². The van der Waals surface area contributed by atoms with Crippen molar-refractivity contribution in [2.24, 2.45) is 14.1 Å². The Bertz CT molecular complexity index is 1420. The average Bonchev–Trinajstić information content (AvgIpc) is 3.21. The SMILES string of the molecule is Cc1ccc2c(c1)c1cc(C)ccc1n2C.Cn1c2ccccc2c2ccccc21. The zero-order chi connectivity index (χ0) is 20.8. The van der Waals surface area contributed by atoms with Gasteiger partial charge in [0.05, 0.1) is 0 Å². The minimum atomic E-state index is 1.30. The number of hydrogen-bond donors (Lipinski definition) is 0. The zero-order valence-corrected chi connectivity index (χ0v) is 18.0.